The lowest BCUT2D eigenvalue weighted by Crippen LogP contribution is -2.43. The summed E-state index contributed by atoms with van der Waals surface area (Å²) in [7, 11) is 3.48. The van der Waals surface area contributed by atoms with E-state index in [0.717, 1.165) is 78.6 Å². The Morgan fingerprint density at radius 3 is 2.62 bits per heavy atom. The van der Waals surface area contributed by atoms with Crippen molar-refractivity contribution in [3.8, 4) is 17.0 Å². The number of benzene rings is 2. The van der Waals surface area contributed by atoms with Gasteiger partial charge in [0.15, 0.2) is 5.65 Å². The number of aromatic nitrogens is 7. The summed E-state index contributed by atoms with van der Waals surface area (Å²) < 4.78 is 12.0. The number of amides is 1. The van der Waals surface area contributed by atoms with Crippen molar-refractivity contribution in [1.29, 1.82) is 0 Å². The van der Waals surface area contributed by atoms with Gasteiger partial charge in [-0.2, -0.15) is 5.10 Å². The SMILES string of the molecule is COc1cc(-c2nn([C@H]3CC[C@@H](N4CCn5c(cnc5C)C4)CC3)c3ncnc(N)c23)ccc1NC(=O)c1cc2ccccc2n1C. The van der Waals surface area contributed by atoms with E-state index < -0.39 is 0 Å². The highest BCUT2D eigenvalue weighted by molar-refractivity contribution is 6.07. The van der Waals surface area contributed by atoms with E-state index in [1.165, 1.54) is 12.0 Å². The highest BCUT2D eigenvalue weighted by Gasteiger charge is 2.31. The predicted octanol–water partition coefficient (Wildman–Crippen LogP) is 5.33. The van der Waals surface area contributed by atoms with E-state index in [1.54, 1.807) is 7.11 Å². The molecule has 1 amide bonds. The van der Waals surface area contributed by atoms with Crippen LogP contribution >= 0.6 is 0 Å². The van der Waals surface area contributed by atoms with Gasteiger partial charge in [0.25, 0.3) is 5.91 Å². The number of fused-ring (bicyclic) bond motifs is 3. The minimum absolute atomic E-state index is 0.204. The van der Waals surface area contributed by atoms with Crippen LogP contribution < -0.4 is 15.8 Å². The lowest BCUT2D eigenvalue weighted by atomic mass is 9.90. The molecule has 2 aliphatic rings. The van der Waals surface area contributed by atoms with Crippen LogP contribution in [-0.4, -0.2) is 64.4 Å². The van der Waals surface area contributed by atoms with Crippen LogP contribution in [-0.2, 0) is 20.1 Å². The number of nitrogen functional groups attached to an aromatic ring is 1. The lowest BCUT2D eigenvalue weighted by molar-refractivity contribution is 0.101. The Kier molecular flexibility index (Phi) is 7.16. The Bertz CT molecular complexity index is 2140. The van der Waals surface area contributed by atoms with Gasteiger partial charge in [-0.1, -0.05) is 24.3 Å². The van der Waals surface area contributed by atoms with Crippen LogP contribution in [0.2, 0.25) is 0 Å². The number of carbonyl (C=O) groups excluding carboxylic acids is 1. The van der Waals surface area contributed by atoms with Gasteiger partial charge >= 0.3 is 0 Å². The van der Waals surface area contributed by atoms with E-state index in [1.807, 2.05) is 66.3 Å². The first-order chi connectivity index (χ1) is 22.9. The summed E-state index contributed by atoms with van der Waals surface area (Å²) in [6.07, 6.45) is 7.72. The summed E-state index contributed by atoms with van der Waals surface area (Å²) in [5.41, 5.74) is 12.1. The molecule has 6 aromatic rings. The molecule has 0 unspecified atom stereocenters. The first-order valence-electron chi connectivity index (χ1n) is 16.2. The van der Waals surface area contributed by atoms with Gasteiger partial charge in [-0.05, 0) is 56.9 Å². The summed E-state index contributed by atoms with van der Waals surface area (Å²) in [6, 6.07) is 16.2. The average molecular weight is 631 g/mol. The fourth-order valence-corrected chi connectivity index (χ4v) is 7.53. The summed E-state index contributed by atoms with van der Waals surface area (Å²) in [6.45, 7) is 5.09. The molecule has 1 aliphatic heterocycles. The van der Waals surface area contributed by atoms with Crippen LogP contribution in [0.3, 0.4) is 0 Å². The topological polar surface area (TPSA) is 134 Å². The first kappa shape index (κ1) is 29.2. The molecule has 1 fully saturated rings. The standard InChI is InChI=1S/C35H38N10O2/c1-21-37-18-26-19-43(14-15-44(21)26)24-9-11-25(12-10-24)45-34-31(33(36)38-20-39-34)32(41-45)23-8-13-27(30(17-23)47-3)40-35(46)29-16-22-6-4-5-7-28(22)42(29)2/h4-8,13,16-18,20,24-25H,9-12,14-15,19H2,1-3H3,(H,40,46)(H2,36,38,39)/t24-,25+. The Morgan fingerprint density at radius 2 is 1.81 bits per heavy atom. The van der Waals surface area contributed by atoms with Gasteiger partial charge in [-0.15, -0.1) is 0 Å². The first-order valence-corrected chi connectivity index (χ1v) is 16.2. The Balaban J connectivity index is 1.05. The third-order valence-corrected chi connectivity index (χ3v) is 10.1. The van der Waals surface area contributed by atoms with Crippen molar-refractivity contribution in [3.63, 3.8) is 0 Å². The Labute approximate surface area is 272 Å². The number of aryl methyl sites for hydroxylation is 2. The molecule has 1 aliphatic carbocycles. The van der Waals surface area contributed by atoms with Gasteiger partial charge in [-0.25, -0.2) is 19.6 Å². The predicted molar refractivity (Wildman–Crippen MR) is 181 cm³/mol. The van der Waals surface area contributed by atoms with Crippen LogP contribution in [0.4, 0.5) is 11.5 Å². The maximum absolute atomic E-state index is 13.4. The minimum Gasteiger partial charge on any atom is -0.495 e. The molecule has 0 atom stereocenters. The molecule has 2 aromatic carbocycles. The van der Waals surface area contributed by atoms with Crippen LogP contribution in [0.5, 0.6) is 5.75 Å². The lowest BCUT2D eigenvalue weighted by Gasteiger charge is -2.39. The number of imidazole rings is 1. The molecule has 0 spiro atoms. The highest BCUT2D eigenvalue weighted by Crippen LogP contribution is 2.39. The summed E-state index contributed by atoms with van der Waals surface area (Å²) in [5.74, 6) is 1.79. The number of hydrogen-bond acceptors (Lipinski definition) is 8. The number of ether oxygens (including phenoxy) is 1. The van der Waals surface area contributed by atoms with Crippen LogP contribution in [0, 0.1) is 6.92 Å². The molecular weight excluding hydrogens is 592 g/mol. The number of hydrogen-bond donors (Lipinski definition) is 2. The third kappa shape index (κ3) is 4.99. The van der Waals surface area contributed by atoms with Crippen LogP contribution in [0.1, 0.15) is 53.7 Å². The second-order valence-electron chi connectivity index (χ2n) is 12.6. The normalized spacial score (nSPS) is 18.4. The van der Waals surface area contributed by atoms with Gasteiger partial charge in [0.1, 0.15) is 35.1 Å². The monoisotopic (exact) mass is 630 g/mol. The summed E-state index contributed by atoms with van der Waals surface area (Å²) in [4.78, 5) is 29.5. The van der Waals surface area contributed by atoms with Gasteiger partial charge in [0.05, 0.1) is 29.9 Å². The molecule has 0 saturated heterocycles. The molecule has 47 heavy (non-hydrogen) atoms. The van der Waals surface area contributed by atoms with Crippen molar-refractivity contribution >= 4 is 39.3 Å². The molecule has 0 bridgehead atoms. The van der Waals surface area contributed by atoms with Crippen LogP contribution in [0.15, 0.2) is 61.1 Å². The van der Waals surface area contributed by atoms with Gasteiger partial charge in [0.2, 0.25) is 0 Å². The number of anilines is 2. The fraction of sp³-hybridized carbons (Fsp3) is 0.343. The molecule has 0 radical (unpaired) electrons. The molecule has 3 N–H and O–H groups in total. The van der Waals surface area contributed by atoms with E-state index in [-0.39, 0.29) is 11.9 Å². The van der Waals surface area contributed by atoms with Crippen LogP contribution in [0.25, 0.3) is 33.2 Å². The largest absolute Gasteiger partial charge is 0.495 e. The number of para-hydroxylation sites is 1. The van der Waals surface area contributed by atoms with Crippen molar-refractivity contribution in [3.05, 3.63) is 78.3 Å². The maximum atomic E-state index is 13.4. The van der Waals surface area contributed by atoms with E-state index in [0.29, 0.717) is 34.7 Å². The number of nitrogens with two attached hydrogens (primary N) is 1. The molecule has 8 rings (SSSR count). The second kappa shape index (κ2) is 11.5. The van der Waals surface area contributed by atoms with Crippen molar-refractivity contribution in [2.75, 3.05) is 24.7 Å². The maximum Gasteiger partial charge on any atom is 0.272 e. The zero-order chi connectivity index (χ0) is 32.2. The van der Waals surface area contributed by atoms with Crippen molar-refractivity contribution in [2.24, 2.45) is 7.05 Å². The quantitative estimate of drug-likeness (QED) is 0.252. The van der Waals surface area contributed by atoms with E-state index in [2.05, 4.69) is 41.3 Å². The van der Waals surface area contributed by atoms with Crippen molar-refractivity contribution < 1.29 is 9.53 Å². The highest BCUT2D eigenvalue weighted by atomic mass is 16.5. The van der Waals surface area contributed by atoms with E-state index >= 15 is 0 Å². The summed E-state index contributed by atoms with van der Waals surface area (Å²) >= 11 is 0. The van der Waals surface area contributed by atoms with Gasteiger partial charge in [-0.3, -0.25) is 9.69 Å². The molecule has 12 heteroatoms. The number of nitrogens with zero attached hydrogens (tertiary/aromatic N) is 8. The second-order valence-corrected chi connectivity index (χ2v) is 12.6. The molecule has 240 valence electrons. The number of carbonyl (C=O) groups is 1. The van der Waals surface area contributed by atoms with Gasteiger partial charge in [0, 0.05) is 55.4 Å². The molecule has 1 saturated carbocycles. The van der Waals surface area contributed by atoms with E-state index in [4.69, 9.17) is 15.6 Å². The molecule has 5 heterocycles. The molecule has 4 aromatic heterocycles. The number of methoxy groups -OCH3 is 1. The zero-order valence-electron chi connectivity index (χ0n) is 26.8. The fourth-order valence-electron chi connectivity index (χ4n) is 7.53. The van der Waals surface area contributed by atoms with Crippen molar-refractivity contribution in [1.82, 2.24) is 38.8 Å². The third-order valence-electron chi connectivity index (χ3n) is 10.1. The molecule has 12 nitrogen and oxygen atoms in total. The average Bonchev–Trinajstić information content (AvgIpc) is 3.78. The smallest absolute Gasteiger partial charge is 0.272 e. The van der Waals surface area contributed by atoms with Crippen molar-refractivity contribution in [2.45, 2.75) is 57.8 Å². The molecular formula is C35H38N10O2. The van der Waals surface area contributed by atoms with Gasteiger partial charge < -0.3 is 24.9 Å². The Hall–Kier alpha value is -5.23. The zero-order valence-corrected chi connectivity index (χ0v) is 26.8. The summed E-state index contributed by atoms with van der Waals surface area (Å²) in [5, 5.41) is 9.89. The minimum atomic E-state index is -0.219. The Morgan fingerprint density at radius 1 is 1.00 bits per heavy atom. The number of rotatable bonds is 6. The van der Waals surface area contributed by atoms with E-state index in [9.17, 15) is 4.79 Å². The number of nitrogens with one attached hydrogen (secondary N) is 1.